The van der Waals surface area contributed by atoms with Crippen LogP contribution in [0.1, 0.15) is 18.0 Å². The second-order valence-corrected chi connectivity index (χ2v) is 8.01. The minimum atomic E-state index is -4.50. The Labute approximate surface area is 182 Å². The van der Waals surface area contributed by atoms with Crippen molar-refractivity contribution in [1.82, 2.24) is 14.7 Å². The van der Waals surface area contributed by atoms with Crippen LogP contribution in [0.25, 0.3) is 0 Å². The van der Waals surface area contributed by atoms with Crippen LogP contribution in [-0.4, -0.2) is 85.0 Å². The second kappa shape index (κ2) is 9.44. The Morgan fingerprint density at radius 2 is 1.84 bits per heavy atom. The lowest BCUT2D eigenvalue weighted by atomic mass is 10.0. The maximum Gasteiger partial charge on any atom is 0.406 e. The number of nitrogens with zero attached hydrogens (tertiary/aromatic N) is 3. The lowest BCUT2D eigenvalue weighted by Crippen LogP contribution is -2.52. The fraction of sp³-hybridized carbons (Fsp3) is 0.550. The van der Waals surface area contributed by atoms with Gasteiger partial charge in [-0.05, 0) is 11.6 Å². The summed E-state index contributed by atoms with van der Waals surface area (Å²) in [7, 11) is 1.29. The molecule has 2 atom stereocenters. The number of hydrogen-bond acceptors (Lipinski definition) is 5. The summed E-state index contributed by atoms with van der Waals surface area (Å²) in [5, 5.41) is 0.422. The normalized spacial score (nSPS) is 21.3. The number of hydrogen-bond donors (Lipinski definition) is 0. The van der Waals surface area contributed by atoms with Crippen LogP contribution in [0.3, 0.4) is 0 Å². The number of carbonyl (C=O) groups is 3. The van der Waals surface area contributed by atoms with Gasteiger partial charge in [-0.25, -0.2) is 4.79 Å². The Morgan fingerprint density at radius 3 is 2.42 bits per heavy atom. The molecule has 0 aromatic heterocycles. The van der Waals surface area contributed by atoms with Gasteiger partial charge in [0.1, 0.15) is 12.6 Å². The lowest BCUT2D eigenvalue weighted by Gasteiger charge is -2.39. The van der Waals surface area contributed by atoms with Crippen molar-refractivity contribution in [2.75, 3.05) is 46.4 Å². The van der Waals surface area contributed by atoms with E-state index >= 15 is 0 Å². The van der Waals surface area contributed by atoms with E-state index in [9.17, 15) is 27.6 Å². The van der Waals surface area contributed by atoms with Crippen molar-refractivity contribution in [1.29, 1.82) is 0 Å². The quantitative estimate of drug-likeness (QED) is 0.628. The summed E-state index contributed by atoms with van der Waals surface area (Å²) in [5.41, 5.74) is 0.597. The molecule has 3 rings (SSSR count). The zero-order chi connectivity index (χ0) is 22.8. The Kier molecular flexibility index (Phi) is 7.10. The van der Waals surface area contributed by atoms with Crippen molar-refractivity contribution in [3.05, 3.63) is 34.9 Å². The molecule has 0 aliphatic carbocycles. The van der Waals surface area contributed by atoms with E-state index < -0.39 is 36.6 Å². The molecule has 2 saturated heterocycles. The number of amides is 2. The van der Waals surface area contributed by atoms with Gasteiger partial charge < -0.3 is 14.5 Å². The average molecular weight is 462 g/mol. The number of esters is 1. The van der Waals surface area contributed by atoms with E-state index in [-0.39, 0.29) is 32.0 Å². The highest BCUT2D eigenvalue weighted by Gasteiger charge is 2.42. The molecule has 0 N–H and O–H groups in total. The standard InChI is InChI=1S/C20H23ClF3N3O4/c1-31-19(30)17(14-4-2-3-5-15(14)21)25-6-8-26(9-7-25)18(29)13-10-16(28)27(11-13)12-20(22,23)24/h2-5,13,17H,6-12H2,1H3. The van der Waals surface area contributed by atoms with Gasteiger partial charge in [0, 0.05) is 44.2 Å². The molecule has 1 aromatic carbocycles. The van der Waals surface area contributed by atoms with Gasteiger partial charge >= 0.3 is 12.1 Å². The zero-order valence-electron chi connectivity index (χ0n) is 16.9. The van der Waals surface area contributed by atoms with Gasteiger partial charge in [0.2, 0.25) is 11.8 Å². The molecule has 0 radical (unpaired) electrons. The van der Waals surface area contributed by atoms with Gasteiger partial charge in [-0.2, -0.15) is 13.2 Å². The Balaban J connectivity index is 1.63. The van der Waals surface area contributed by atoms with Gasteiger partial charge in [-0.15, -0.1) is 0 Å². The van der Waals surface area contributed by atoms with E-state index in [1.807, 2.05) is 4.90 Å². The molecular weight excluding hydrogens is 439 g/mol. The number of benzene rings is 1. The SMILES string of the molecule is COC(=O)C(c1ccccc1Cl)N1CCN(C(=O)C2CC(=O)N(CC(F)(F)F)C2)CC1. The van der Waals surface area contributed by atoms with E-state index in [0.717, 1.165) is 0 Å². The number of alkyl halides is 3. The summed E-state index contributed by atoms with van der Waals surface area (Å²) >= 11 is 6.26. The molecule has 2 amide bonds. The first-order valence-electron chi connectivity index (χ1n) is 9.80. The fourth-order valence-electron chi connectivity index (χ4n) is 4.05. The molecule has 2 heterocycles. The maximum absolute atomic E-state index is 12.8. The van der Waals surface area contributed by atoms with Gasteiger partial charge in [0.05, 0.1) is 13.0 Å². The summed E-state index contributed by atoms with van der Waals surface area (Å²) < 4.78 is 42.7. The van der Waals surface area contributed by atoms with Crippen molar-refractivity contribution in [3.8, 4) is 0 Å². The lowest BCUT2D eigenvalue weighted by molar-refractivity contribution is -0.157. The molecule has 11 heteroatoms. The van der Waals surface area contributed by atoms with Crippen LogP contribution in [0.2, 0.25) is 5.02 Å². The topological polar surface area (TPSA) is 70.2 Å². The molecule has 2 fully saturated rings. The summed E-state index contributed by atoms with van der Waals surface area (Å²) in [6, 6.07) is 6.20. The van der Waals surface area contributed by atoms with Crippen molar-refractivity contribution < 1.29 is 32.3 Å². The number of piperazine rings is 1. The molecule has 1 aromatic rings. The highest BCUT2D eigenvalue weighted by molar-refractivity contribution is 6.31. The first-order chi connectivity index (χ1) is 14.6. The Bertz CT molecular complexity index is 843. The monoisotopic (exact) mass is 461 g/mol. The first-order valence-corrected chi connectivity index (χ1v) is 10.2. The third-order valence-corrected chi connectivity index (χ3v) is 5.89. The number of likely N-dealkylation sites (tertiary alicyclic amines) is 1. The third-order valence-electron chi connectivity index (χ3n) is 5.55. The van der Waals surface area contributed by atoms with Crippen LogP contribution in [0.4, 0.5) is 13.2 Å². The second-order valence-electron chi connectivity index (χ2n) is 7.60. The van der Waals surface area contributed by atoms with Crippen molar-refractivity contribution in [2.45, 2.75) is 18.6 Å². The summed E-state index contributed by atoms with van der Waals surface area (Å²) in [6.45, 7) is -0.321. The van der Waals surface area contributed by atoms with Crippen molar-refractivity contribution in [2.24, 2.45) is 5.92 Å². The average Bonchev–Trinajstić information content (AvgIpc) is 3.08. The van der Waals surface area contributed by atoms with Crippen LogP contribution in [0, 0.1) is 5.92 Å². The molecule has 2 aliphatic heterocycles. The summed E-state index contributed by atoms with van der Waals surface area (Å²) in [4.78, 5) is 41.2. The van der Waals surface area contributed by atoms with Gasteiger partial charge in [0.15, 0.2) is 0 Å². The number of ether oxygens (including phenoxy) is 1. The molecule has 0 bridgehead atoms. The van der Waals surface area contributed by atoms with E-state index in [4.69, 9.17) is 16.3 Å². The van der Waals surface area contributed by atoms with Crippen LogP contribution >= 0.6 is 11.6 Å². The molecule has 2 aliphatic rings. The van der Waals surface area contributed by atoms with E-state index in [1.165, 1.54) is 12.0 Å². The van der Waals surface area contributed by atoms with Gasteiger partial charge in [0.25, 0.3) is 0 Å². The van der Waals surface area contributed by atoms with Gasteiger partial charge in [-0.1, -0.05) is 29.8 Å². The molecule has 2 unspecified atom stereocenters. The van der Waals surface area contributed by atoms with Crippen molar-refractivity contribution >= 4 is 29.4 Å². The predicted molar refractivity (Wildman–Crippen MR) is 105 cm³/mol. The Hall–Kier alpha value is -2.33. The largest absolute Gasteiger partial charge is 0.468 e. The molecular formula is C20H23ClF3N3O4. The minimum absolute atomic E-state index is 0.223. The molecule has 0 saturated carbocycles. The molecule has 170 valence electrons. The summed E-state index contributed by atoms with van der Waals surface area (Å²) in [5.74, 6) is -2.28. The van der Waals surface area contributed by atoms with E-state index in [1.54, 1.807) is 24.3 Å². The van der Waals surface area contributed by atoms with Gasteiger partial charge in [-0.3, -0.25) is 14.5 Å². The Morgan fingerprint density at radius 1 is 1.19 bits per heavy atom. The number of halogens is 4. The highest BCUT2D eigenvalue weighted by atomic mass is 35.5. The zero-order valence-corrected chi connectivity index (χ0v) is 17.7. The first kappa shape index (κ1) is 23.3. The third kappa shape index (κ3) is 5.48. The number of rotatable bonds is 5. The van der Waals surface area contributed by atoms with Crippen molar-refractivity contribution in [3.63, 3.8) is 0 Å². The van der Waals surface area contributed by atoms with Crippen LogP contribution in [0.15, 0.2) is 24.3 Å². The molecule has 0 spiro atoms. The smallest absolute Gasteiger partial charge is 0.406 e. The van der Waals surface area contributed by atoms with E-state index in [0.29, 0.717) is 28.6 Å². The maximum atomic E-state index is 12.8. The molecule has 7 nitrogen and oxygen atoms in total. The predicted octanol–water partition coefficient (Wildman–Crippen LogP) is 2.11. The van der Waals surface area contributed by atoms with Crippen LogP contribution in [0.5, 0.6) is 0 Å². The number of methoxy groups -OCH3 is 1. The van der Waals surface area contributed by atoms with Crippen LogP contribution < -0.4 is 0 Å². The minimum Gasteiger partial charge on any atom is -0.468 e. The molecule has 31 heavy (non-hydrogen) atoms. The fourth-order valence-corrected chi connectivity index (χ4v) is 4.29. The highest BCUT2D eigenvalue weighted by Crippen LogP contribution is 2.30. The summed E-state index contributed by atoms with van der Waals surface area (Å²) in [6.07, 6.45) is -4.72. The van der Waals surface area contributed by atoms with Crippen LogP contribution in [-0.2, 0) is 19.1 Å². The number of carbonyl (C=O) groups excluding carboxylic acids is 3. The van der Waals surface area contributed by atoms with E-state index in [2.05, 4.69) is 0 Å².